The van der Waals surface area contributed by atoms with E-state index in [2.05, 4.69) is 6.92 Å². The molecule has 1 saturated heterocycles. The summed E-state index contributed by atoms with van der Waals surface area (Å²) in [5.74, 6) is 1.16. The Bertz CT molecular complexity index is 897. The molecule has 5 atom stereocenters. The molecule has 1 spiro atoms. The summed E-state index contributed by atoms with van der Waals surface area (Å²) in [5.41, 5.74) is 0.687. The molecule has 1 aromatic carbocycles. The topological polar surface area (TPSA) is 78.8 Å². The maximum Gasteiger partial charge on any atom is 0.174 e. The van der Waals surface area contributed by atoms with Crippen LogP contribution in [0.5, 0.6) is 11.5 Å². The number of benzene rings is 1. The van der Waals surface area contributed by atoms with Crippen LogP contribution in [0.2, 0.25) is 0 Å². The molecule has 2 bridgehead atoms. The zero-order chi connectivity index (χ0) is 20.0. The fourth-order valence-corrected chi connectivity index (χ4v) is 7.09. The predicted molar refractivity (Wildman–Crippen MR) is 106 cm³/mol. The Morgan fingerprint density at radius 2 is 2.17 bits per heavy atom. The van der Waals surface area contributed by atoms with Crippen LogP contribution < -0.4 is 4.74 Å². The number of Topliss-reactive ketones (excluding diaryl/α,β-unsaturated/α-hetero) is 1. The van der Waals surface area contributed by atoms with Gasteiger partial charge in [0.25, 0.3) is 0 Å². The van der Waals surface area contributed by atoms with Crippen molar-refractivity contribution in [2.24, 2.45) is 5.92 Å². The normalized spacial score (nSPS) is 41.8. The number of carbonyl (C=O) groups is 1. The Balaban J connectivity index is 1.60. The number of carbonyl (C=O) groups excluding carboxylic acids is 1. The van der Waals surface area contributed by atoms with Crippen LogP contribution in [-0.4, -0.2) is 53.0 Å². The number of hydrogen-bond acceptors (Lipinski definition) is 5. The number of aromatic hydroxyl groups is 1. The van der Waals surface area contributed by atoms with Gasteiger partial charge in [0.15, 0.2) is 23.4 Å². The largest absolute Gasteiger partial charge is 0.632 e. The van der Waals surface area contributed by atoms with E-state index in [0.29, 0.717) is 57.0 Å². The number of ketones is 1. The molecular weight excluding hydrogens is 370 g/mol. The molecule has 1 N–H and O–H groups in total. The first kappa shape index (κ1) is 18.2. The number of hydrogen-bond donors (Lipinski definition) is 1. The van der Waals surface area contributed by atoms with Crippen LogP contribution >= 0.6 is 0 Å². The molecule has 0 aromatic heterocycles. The molecule has 0 radical (unpaired) electrons. The summed E-state index contributed by atoms with van der Waals surface area (Å²) in [7, 11) is 0. The number of ether oxygens (including phenoxy) is 2. The lowest BCUT2D eigenvalue weighted by Gasteiger charge is -2.68. The van der Waals surface area contributed by atoms with Crippen LogP contribution in [0.3, 0.4) is 0 Å². The number of likely N-dealkylation sites (tertiary alicyclic amines) is 1. The standard InChI is InChI=1S/C23H29NO5/c1-2-11-28-23-8-7-17(26)21-22(23)9-10-24(27,13-14-3-4-14)18(23)12-15-5-6-16(25)20(29-21)19(15)22/h5-6,14,18,21,25H,2-4,7-13H2,1H3/t18-,21+,22?,23-,24?/m1/s1. The van der Waals surface area contributed by atoms with Crippen molar-refractivity contribution in [3.8, 4) is 11.5 Å². The van der Waals surface area contributed by atoms with Gasteiger partial charge >= 0.3 is 0 Å². The van der Waals surface area contributed by atoms with Gasteiger partial charge in [-0.05, 0) is 37.3 Å². The lowest BCUT2D eigenvalue weighted by molar-refractivity contribution is -0.924. The Kier molecular flexibility index (Phi) is 3.60. The second-order valence-electron chi connectivity index (χ2n) is 9.89. The average Bonchev–Trinajstić information content (AvgIpc) is 3.43. The molecule has 5 aliphatic rings. The fraction of sp³-hybridized carbons (Fsp3) is 0.696. The van der Waals surface area contributed by atoms with Crippen molar-refractivity contribution < 1.29 is 24.0 Å². The van der Waals surface area contributed by atoms with Gasteiger partial charge in [-0.2, -0.15) is 0 Å². The van der Waals surface area contributed by atoms with Gasteiger partial charge in [-0.1, -0.05) is 13.0 Å². The minimum Gasteiger partial charge on any atom is -0.632 e. The molecule has 29 heavy (non-hydrogen) atoms. The summed E-state index contributed by atoms with van der Waals surface area (Å²) in [5, 5.41) is 24.8. The van der Waals surface area contributed by atoms with Gasteiger partial charge in [0.1, 0.15) is 11.6 Å². The maximum atomic E-state index is 14.3. The van der Waals surface area contributed by atoms with E-state index in [4.69, 9.17) is 9.47 Å². The average molecular weight is 399 g/mol. The van der Waals surface area contributed by atoms with Crippen molar-refractivity contribution in [2.45, 2.75) is 75.0 Å². The van der Waals surface area contributed by atoms with E-state index in [9.17, 15) is 15.1 Å². The molecule has 156 valence electrons. The molecule has 3 aliphatic carbocycles. The van der Waals surface area contributed by atoms with Crippen molar-refractivity contribution in [1.82, 2.24) is 0 Å². The Morgan fingerprint density at radius 1 is 1.34 bits per heavy atom. The smallest absolute Gasteiger partial charge is 0.174 e. The van der Waals surface area contributed by atoms with Crippen LogP contribution in [0.1, 0.15) is 56.6 Å². The van der Waals surface area contributed by atoms with E-state index in [1.165, 1.54) is 0 Å². The number of hydroxylamine groups is 3. The Hall–Kier alpha value is -1.63. The quantitative estimate of drug-likeness (QED) is 0.608. The highest BCUT2D eigenvalue weighted by Gasteiger charge is 2.77. The van der Waals surface area contributed by atoms with E-state index in [1.54, 1.807) is 6.07 Å². The molecule has 6 nitrogen and oxygen atoms in total. The van der Waals surface area contributed by atoms with Crippen LogP contribution in [-0.2, 0) is 21.4 Å². The second-order valence-corrected chi connectivity index (χ2v) is 9.89. The third-order valence-electron chi connectivity index (χ3n) is 8.38. The third-order valence-corrected chi connectivity index (χ3v) is 8.38. The van der Waals surface area contributed by atoms with Crippen LogP contribution in [0.25, 0.3) is 0 Å². The number of phenols is 1. The molecule has 2 heterocycles. The fourth-order valence-electron chi connectivity index (χ4n) is 7.09. The number of quaternary nitrogens is 1. The van der Waals surface area contributed by atoms with Crippen molar-refractivity contribution in [3.05, 3.63) is 28.5 Å². The van der Waals surface area contributed by atoms with E-state index in [0.717, 1.165) is 30.4 Å². The predicted octanol–water partition coefficient (Wildman–Crippen LogP) is 2.97. The zero-order valence-electron chi connectivity index (χ0n) is 17.0. The summed E-state index contributed by atoms with van der Waals surface area (Å²) < 4.78 is 12.7. The molecule has 6 rings (SSSR count). The molecule has 1 aromatic rings. The number of nitrogens with zero attached hydrogens (tertiary/aromatic N) is 1. The SMILES string of the molecule is CCCO[C@@]12CCC(=O)[C@@H]3Oc4c(O)ccc5c4C31CC[N+]([O-])(CC1CC1)[C@@H]2C5. The first-order valence-corrected chi connectivity index (χ1v) is 11.2. The molecule has 0 amide bonds. The molecule has 2 aliphatic heterocycles. The Labute approximate surface area is 171 Å². The minimum atomic E-state index is -0.692. The first-order valence-electron chi connectivity index (χ1n) is 11.2. The number of phenolic OH excluding ortho intramolecular Hbond substituents is 1. The molecule has 6 heteroatoms. The summed E-state index contributed by atoms with van der Waals surface area (Å²) >= 11 is 0. The van der Waals surface area contributed by atoms with Gasteiger partial charge < -0.3 is 24.4 Å². The van der Waals surface area contributed by atoms with E-state index >= 15 is 0 Å². The van der Waals surface area contributed by atoms with E-state index < -0.39 is 17.1 Å². The highest BCUT2D eigenvalue weighted by atomic mass is 16.6. The van der Waals surface area contributed by atoms with Crippen molar-refractivity contribution >= 4 is 5.78 Å². The molecular formula is C23H29NO5. The second kappa shape index (κ2) is 5.74. The number of rotatable bonds is 5. The van der Waals surface area contributed by atoms with Gasteiger partial charge in [0.05, 0.1) is 18.5 Å². The van der Waals surface area contributed by atoms with Crippen molar-refractivity contribution in [1.29, 1.82) is 0 Å². The van der Waals surface area contributed by atoms with Gasteiger partial charge in [-0.15, -0.1) is 0 Å². The summed E-state index contributed by atoms with van der Waals surface area (Å²) in [4.78, 5) is 13.1. The van der Waals surface area contributed by atoms with Crippen LogP contribution in [0, 0.1) is 11.1 Å². The molecule has 2 saturated carbocycles. The lowest BCUT2D eigenvalue weighted by atomic mass is 9.48. The van der Waals surface area contributed by atoms with Gasteiger partial charge in [0.2, 0.25) is 0 Å². The minimum absolute atomic E-state index is 0.0796. The van der Waals surface area contributed by atoms with Gasteiger partial charge in [0, 0.05) is 37.4 Å². The summed E-state index contributed by atoms with van der Waals surface area (Å²) in [6.07, 6.45) is 4.71. The highest BCUT2D eigenvalue weighted by Crippen LogP contribution is 2.67. The van der Waals surface area contributed by atoms with Gasteiger partial charge in [-0.25, -0.2) is 0 Å². The van der Waals surface area contributed by atoms with E-state index in [-0.39, 0.29) is 22.2 Å². The highest BCUT2D eigenvalue weighted by molar-refractivity contribution is 5.90. The van der Waals surface area contributed by atoms with Crippen LogP contribution in [0.4, 0.5) is 0 Å². The lowest BCUT2D eigenvalue weighted by Crippen LogP contribution is -2.81. The number of piperidine rings is 1. The Morgan fingerprint density at radius 3 is 2.93 bits per heavy atom. The van der Waals surface area contributed by atoms with Crippen LogP contribution in [0.15, 0.2) is 12.1 Å². The molecule has 3 fully saturated rings. The maximum absolute atomic E-state index is 14.3. The van der Waals surface area contributed by atoms with Crippen molar-refractivity contribution in [3.63, 3.8) is 0 Å². The summed E-state index contributed by atoms with van der Waals surface area (Å²) in [6.45, 7) is 3.82. The van der Waals surface area contributed by atoms with Crippen molar-refractivity contribution in [2.75, 3.05) is 19.7 Å². The van der Waals surface area contributed by atoms with E-state index in [1.807, 2.05) is 6.07 Å². The summed E-state index contributed by atoms with van der Waals surface area (Å²) in [6, 6.07) is 3.37. The monoisotopic (exact) mass is 399 g/mol. The third kappa shape index (κ3) is 2.10. The first-order chi connectivity index (χ1) is 14.0. The zero-order valence-corrected chi connectivity index (χ0v) is 17.0. The van der Waals surface area contributed by atoms with Gasteiger partial charge in [-0.3, -0.25) is 4.79 Å². The molecule has 2 unspecified atom stereocenters.